The zero-order valence-electron chi connectivity index (χ0n) is 16.9. The first-order valence-electron chi connectivity index (χ1n) is 10.1. The highest BCUT2D eigenvalue weighted by atomic mass is 35.5. The summed E-state index contributed by atoms with van der Waals surface area (Å²) in [7, 11) is 0. The Morgan fingerprint density at radius 3 is 2.57 bits per heavy atom. The molecule has 0 bridgehead atoms. The summed E-state index contributed by atoms with van der Waals surface area (Å²) in [4.78, 5) is 32.9. The number of aromatic nitrogens is 2. The van der Waals surface area contributed by atoms with Crippen molar-refractivity contribution in [2.45, 2.75) is 56.6 Å². The minimum Gasteiger partial charge on any atom is -0.383 e. The molecule has 0 radical (unpaired) electrons. The van der Waals surface area contributed by atoms with Gasteiger partial charge in [-0.05, 0) is 37.0 Å². The third kappa shape index (κ3) is 6.09. The molecule has 0 saturated heterocycles. The first-order valence-corrected chi connectivity index (χ1v) is 11.5. The lowest BCUT2D eigenvalue weighted by atomic mass is 10.0. The third-order valence-electron chi connectivity index (χ3n) is 4.96. The van der Waals surface area contributed by atoms with Crippen molar-refractivity contribution >= 4 is 41.1 Å². The number of carbonyl (C=O) groups excluding carboxylic acids is 2. The Morgan fingerprint density at radius 1 is 1.20 bits per heavy atom. The van der Waals surface area contributed by atoms with Crippen molar-refractivity contribution < 1.29 is 9.59 Å². The molecule has 30 heavy (non-hydrogen) atoms. The summed E-state index contributed by atoms with van der Waals surface area (Å²) < 4.78 is 0. The van der Waals surface area contributed by atoms with Gasteiger partial charge < -0.3 is 11.1 Å². The molecule has 9 heteroatoms. The standard InChI is InChI=1S/C21H26ClN5O2S/c1-2-16-18(13-7-9-14(22)10-8-13)19(23)27-21(25-16)30-12-11-17(28)26-20(29)24-15-5-3-4-6-15/h7-10,15H,2-6,11-12H2,1H3,(H2,23,25,27)(H2,24,26,28,29). The van der Waals surface area contributed by atoms with E-state index in [1.165, 1.54) is 11.8 Å². The second kappa shape index (κ2) is 10.6. The molecule has 1 aliphatic rings. The van der Waals surface area contributed by atoms with Crippen LogP contribution in [0, 0.1) is 0 Å². The fourth-order valence-electron chi connectivity index (χ4n) is 3.47. The fourth-order valence-corrected chi connectivity index (χ4v) is 4.40. The number of rotatable bonds is 7. The SMILES string of the molecule is CCc1nc(SCCC(=O)NC(=O)NC2CCCC2)nc(N)c1-c1ccc(Cl)cc1. The van der Waals surface area contributed by atoms with Crippen molar-refractivity contribution in [3.63, 3.8) is 0 Å². The summed E-state index contributed by atoms with van der Waals surface area (Å²) in [5.74, 6) is 0.525. The molecule has 3 rings (SSSR count). The summed E-state index contributed by atoms with van der Waals surface area (Å²) in [6, 6.07) is 7.15. The van der Waals surface area contributed by atoms with Crippen LogP contribution in [0.4, 0.5) is 10.6 Å². The van der Waals surface area contributed by atoms with E-state index in [1.807, 2.05) is 19.1 Å². The van der Waals surface area contributed by atoms with E-state index < -0.39 is 6.03 Å². The molecule has 0 unspecified atom stereocenters. The van der Waals surface area contributed by atoms with Gasteiger partial charge in [0.2, 0.25) is 5.91 Å². The van der Waals surface area contributed by atoms with Crippen molar-refractivity contribution in [3.8, 4) is 11.1 Å². The zero-order valence-corrected chi connectivity index (χ0v) is 18.5. The van der Waals surface area contributed by atoms with E-state index in [9.17, 15) is 9.59 Å². The minimum absolute atomic E-state index is 0.176. The number of anilines is 1. The monoisotopic (exact) mass is 447 g/mol. The molecule has 3 amide bonds. The maximum atomic E-state index is 12.0. The van der Waals surface area contributed by atoms with Crippen LogP contribution >= 0.6 is 23.4 Å². The van der Waals surface area contributed by atoms with Crippen LogP contribution in [0.3, 0.4) is 0 Å². The predicted molar refractivity (Wildman–Crippen MR) is 121 cm³/mol. The Bertz CT molecular complexity index is 901. The summed E-state index contributed by atoms with van der Waals surface area (Å²) in [5, 5.41) is 6.39. The number of benzene rings is 1. The van der Waals surface area contributed by atoms with Crippen LogP contribution in [-0.4, -0.2) is 33.7 Å². The average molecular weight is 448 g/mol. The van der Waals surface area contributed by atoms with Gasteiger partial charge in [0.25, 0.3) is 0 Å². The highest BCUT2D eigenvalue weighted by molar-refractivity contribution is 7.99. The number of urea groups is 1. The minimum atomic E-state index is -0.419. The largest absolute Gasteiger partial charge is 0.383 e. The van der Waals surface area contributed by atoms with Crippen molar-refractivity contribution in [2.75, 3.05) is 11.5 Å². The Hall–Kier alpha value is -2.32. The Morgan fingerprint density at radius 2 is 1.90 bits per heavy atom. The molecule has 4 N–H and O–H groups in total. The number of amides is 3. The van der Waals surface area contributed by atoms with Crippen molar-refractivity contribution in [1.29, 1.82) is 0 Å². The number of hydrogen-bond acceptors (Lipinski definition) is 6. The van der Waals surface area contributed by atoms with E-state index in [4.69, 9.17) is 17.3 Å². The van der Waals surface area contributed by atoms with Crippen molar-refractivity contribution in [3.05, 3.63) is 35.0 Å². The van der Waals surface area contributed by atoms with Crippen LogP contribution < -0.4 is 16.4 Å². The number of nitrogens with one attached hydrogen (secondary N) is 2. The number of aryl methyl sites for hydroxylation is 1. The topological polar surface area (TPSA) is 110 Å². The van der Waals surface area contributed by atoms with E-state index in [2.05, 4.69) is 20.6 Å². The summed E-state index contributed by atoms with van der Waals surface area (Å²) in [5.41, 5.74) is 8.77. The molecule has 2 aromatic rings. The molecule has 1 fully saturated rings. The Balaban J connectivity index is 1.55. The van der Waals surface area contributed by atoms with Crippen LogP contribution in [0.2, 0.25) is 5.02 Å². The molecular formula is C21H26ClN5O2S. The van der Waals surface area contributed by atoms with Crippen LogP contribution in [0.25, 0.3) is 11.1 Å². The lowest BCUT2D eigenvalue weighted by Gasteiger charge is -2.13. The predicted octanol–water partition coefficient (Wildman–Crippen LogP) is 4.19. The quantitative estimate of drug-likeness (QED) is 0.433. The highest BCUT2D eigenvalue weighted by Gasteiger charge is 2.18. The molecule has 1 aliphatic carbocycles. The van der Waals surface area contributed by atoms with Gasteiger partial charge in [-0.15, -0.1) is 0 Å². The highest BCUT2D eigenvalue weighted by Crippen LogP contribution is 2.31. The van der Waals surface area contributed by atoms with Crippen LogP contribution in [0.15, 0.2) is 29.4 Å². The van der Waals surface area contributed by atoms with Gasteiger partial charge >= 0.3 is 6.03 Å². The molecule has 1 aromatic heterocycles. The number of carbonyl (C=O) groups is 2. The van der Waals surface area contributed by atoms with E-state index in [1.54, 1.807) is 12.1 Å². The maximum Gasteiger partial charge on any atom is 0.321 e. The zero-order chi connectivity index (χ0) is 21.5. The van der Waals surface area contributed by atoms with Crippen LogP contribution in [-0.2, 0) is 11.2 Å². The second-order valence-corrected chi connectivity index (χ2v) is 8.67. The fraction of sp³-hybridized carbons (Fsp3) is 0.429. The normalized spacial score (nSPS) is 13.9. The molecular weight excluding hydrogens is 422 g/mol. The molecule has 7 nitrogen and oxygen atoms in total. The summed E-state index contributed by atoms with van der Waals surface area (Å²) >= 11 is 7.31. The number of imide groups is 1. The molecule has 160 valence electrons. The smallest absolute Gasteiger partial charge is 0.321 e. The van der Waals surface area contributed by atoms with E-state index >= 15 is 0 Å². The average Bonchev–Trinajstić information content (AvgIpc) is 3.21. The number of halogens is 1. The molecule has 1 saturated carbocycles. The van der Waals surface area contributed by atoms with Gasteiger partial charge in [-0.25, -0.2) is 14.8 Å². The Kier molecular flexibility index (Phi) is 7.93. The van der Waals surface area contributed by atoms with Gasteiger partial charge in [0.15, 0.2) is 5.16 Å². The number of nitrogens with two attached hydrogens (primary N) is 1. The van der Waals surface area contributed by atoms with E-state index in [0.717, 1.165) is 42.5 Å². The maximum absolute atomic E-state index is 12.0. The number of nitrogen functional groups attached to an aromatic ring is 1. The van der Waals surface area contributed by atoms with Crippen molar-refractivity contribution in [2.24, 2.45) is 0 Å². The van der Waals surface area contributed by atoms with Gasteiger partial charge in [0, 0.05) is 28.8 Å². The number of hydrogen-bond donors (Lipinski definition) is 3. The lowest BCUT2D eigenvalue weighted by molar-refractivity contribution is -0.119. The molecule has 0 aliphatic heterocycles. The van der Waals surface area contributed by atoms with Crippen LogP contribution in [0.1, 0.15) is 44.7 Å². The lowest BCUT2D eigenvalue weighted by Crippen LogP contribution is -2.43. The first kappa shape index (κ1) is 22.4. The van der Waals surface area contributed by atoms with Gasteiger partial charge in [0.05, 0.1) is 5.69 Å². The first-order chi connectivity index (χ1) is 14.5. The molecule has 1 aromatic carbocycles. The molecule has 0 atom stereocenters. The number of thioether (sulfide) groups is 1. The van der Waals surface area contributed by atoms with Gasteiger partial charge in [-0.1, -0.05) is 55.3 Å². The summed E-state index contributed by atoms with van der Waals surface area (Å²) in [6.07, 6.45) is 5.07. The Labute approximate surface area is 185 Å². The van der Waals surface area contributed by atoms with E-state index in [0.29, 0.717) is 28.2 Å². The van der Waals surface area contributed by atoms with Gasteiger partial charge in [-0.3, -0.25) is 10.1 Å². The van der Waals surface area contributed by atoms with Crippen LogP contribution in [0.5, 0.6) is 0 Å². The van der Waals surface area contributed by atoms with E-state index in [-0.39, 0.29) is 18.4 Å². The summed E-state index contributed by atoms with van der Waals surface area (Å²) in [6.45, 7) is 2.01. The third-order valence-corrected chi connectivity index (χ3v) is 6.06. The number of nitrogens with zero attached hydrogens (tertiary/aromatic N) is 2. The molecule has 1 heterocycles. The molecule has 0 spiro atoms. The second-order valence-electron chi connectivity index (χ2n) is 7.18. The van der Waals surface area contributed by atoms with Gasteiger partial charge in [0.1, 0.15) is 5.82 Å². The van der Waals surface area contributed by atoms with Gasteiger partial charge in [-0.2, -0.15) is 0 Å². The van der Waals surface area contributed by atoms with Crippen molar-refractivity contribution in [1.82, 2.24) is 20.6 Å².